The summed E-state index contributed by atoms with van der Waals surface area (Å²) in [6.45, 7) is 1.14. The molecule has 3 nitrogen and oxygen atoms in total. The van der Waals surface area contributed by atoms with E-state index in [0.717, 1.165) is 29.2 Å². The van der Waals surface area contributed by atoms with Crippen LogP contribution in [0.25, 0.3) is 0 Å². The quantitative estimate of drug-likeness (QED) is 0.549. The number of hydrogen-bond acceptors (Lipinski definition) is 3. The first-order valence-electron chi connectivity index (χ1n) is 9.13. The highest BCUT2D eigenvalue weighted by Gasteiger charge is 2.16. The van der Waals surface area contributed by atoms with Crippen LogP contribution in [0.15, 0.2) is 36.4 Å². The maximum Gasteiger partial charge on any atom is 0.166 e. The van der Waals surface area contributed by atoms with Gasteiger partial charge in [0.15, 0.2) is 11.5 Å². The Labute approximate surface area is 177 Å². The van der Waals surface area contributed by atoms with Gasteiger partial charge in [0.05, 0.1) is 7.11 Å². The molecule has 148 valence electrons. The smallest absolute Gasteiger partial charge is 0.166 e. The second-order valence-corrected chi connectivity index (χ2v) is 7.53. The topological polar surface area (TPSA) is 30.5 Å². The van der Waals surface area contributed by atoms with Crippen LogP contribution < -0.4 is 14.8 Å². The molecule has 3 rings (SSSR count). The highest BCUT2D eigenvalue weighted by atomic mass is 35.5. The molecular formula is C21H26Cl3NO2. The van der Waals surface area contributed by atoms with Gasteiger partial charge in [-0.2, -0.15) is 0 Å². The Hall–Kier alpha value is -1.13. The summed E-state index contributed by atoms with van der Waals surface area (Å²) < 4.78 is 11.6. The van der Waals surface area contributed by atoms with Gasteiger partial charge < -0.3 is 14.8 Å². The van der Waals surface area contributed by atoms with Crippen LogP contribution in [-0.4, -0.2) is 13.2 Å². The molecule has 0 spiro atoms. The van der Waals surface area contributed by atoms with Crippen molar-refractivity contribution in [2.75, 3.05) is 7.11 Å². The lowest BCUT2D eigenvalue weighted by Crippen LogP contribution is -2.30. The Morgan fingerprint density at radius 3 is 2.52 bits per heavy atom. The number of benzene rings is 2. The van der Waals surface area contributed by atoms with E-state index in [0.29, 0.717) is 22.7 Å². The SMILES string of the molecule is COc1cccc(CNC2CCCCC2)c1OCc1ccc(Cl)cc1Cl.Cl. The van der Waals surface area contributed by atoms with Gasteiger partial charge in [-0.15, -0.1) is 12.4 Å². The molecule has 2 aromatic carbocycles. The van der Waals surface area contributed by atoms with Gasteiger partial charge in [-0.25, -0.2) is 0 Å². The fourth-order valence-corrected chi connectivity index (χ4v) is 3.84. The highest BCUT2D eigenvalue weighted by molar-refractivity contribution is 6.35. The van der Waals surface area contributed by atoms with Crippen molar-refractivity contribution in [1.82, 2.24) is 5.32 Å². The third-order valence-electron chi connectivity index (χ3n) is 4.85. The zero-order valence-electron chi connectivity index (χ0n) is 15.5. The Balaban J connectivity index is 0.00000261. The molecule has 1 aliphatic carbocycles. The molecule has 2 aromatic rings. The molecular weight excluding hydrogens is 405 g/mol. The number of halogens is 3. The van der Waals surface area contributed by atoms with Gasteiger partial charge in [0.25, 0.3) is 0 Å². The van der Waals surface area contributed by atoms with Crippen molar-refractivity contribution < 1.29 is 9.47 Å². The lowest BCUT2D eigenvalue weighted by atomic mass is 9.95. The van der Waals surface area contributed by atoms with E-state index in [2.05, 4.69) is 11.4 Å². The molecule has 1 fully saturated rings. The first-order valence-corrected chi connectivity index (χ1v) is 9.89. The van der Waals surface area contributed by atoms with Crippen LogP contribution in [0.3, 0.4) is 0 Å². The summed E-state index contributed by atoms with van der Waals surface area (Å²) >= 11 is 12.2. The minimum Gasteiger partial charge on any atom is -0.493 e. The average molecular weight is 431 g/mol. The molecule has 0 heterocycles. The molecule has 27 heavy (non-hydrogen) atoms. The Morgan fingerprint density at radius 1 is 1.04 bits per heavy atom. The number of ether oxygens (including phenoxy) is 2. The summed E-state index contributed by atoms with van der Waals surface area (Å²) in [4.78, 5) is 0. The molecule has 0 bridgehead atoms. The normalized spacial score (nSPS) is 14.5. The molecule has 1 N–H and O–H groups in total. The molecule has 0 aromatic heterocycles. The van der Waals surface area contributed by atoms with Crippen LogP contribution >= 0.6 is 35.6 Å². The number of hydrogen-bond donors (Lipinski definition) is 1. The fraction of sp³-hybridized carbons (Fsp3) is 0.429. The Kier molecular flexibility index (Phi) is 9.04. The van der Waals surface area contributed by atoms with Gasteiger partial charge in [0, 0.05) is 33.8 Å². The summed E-state index contributed by atoms with van der Waals surface area (Å²) in [5.41, 5.74) is 1.99. The van der Waals surface area contributed by atoms with Gasteiger partial charge in [0.1, 0.15) is 6.61 Å². The van der Waals surface area contributed by atoms with Crippen molar-refractivity contribution in [2.45, 2.75) is 51.3 Å². The second kappa shape index (κ2) is 11.0. The van der Waals surface area contributed by atoms with E-state index in [-0.39, 0.29) is 12.4 Å². The number of nitrogens with one attached hydrogen (secondary N) is 1. The minimum atomic E-state index is 0. The average Bonchev–Trinajstić information content (AvgIpc) is 2.66. The van der Waals surface area contributed by atoms with Crippen LogP contribution in [0.4, 0.5) is 0 Å². The van der Waals surface area contributed by atoms with E-state index in [4.69, 9.17) is 32.7 Å². The van der Waals surface area contributed by atoms with Crippen molar-refractivity contribution in [1.29, 1.82) is 0 Å². The molecule has 1 aliphatic rings. The van der Waals surface area contributed by atoms with Gasteiger partial charge in [-0.1, -0.05) is 60.7 Å². The van der Waals surface area contributed by atoms with E-state index in [1.54, 1.807) is 13.2 Å². The maximum absolute atomic E-state index is 6.26. The largest absolute Gasteiger partial charge is 0.493 e. The molecule has 0 aliphatic heterocycles. The number of para-hydroxylation sites is 1. The van der Waals surface area contributed by atoms with Crippen molar-refractivity contribution in [3.63, 3.8) is 0 Å². The van der Waals surface area contributed by atoms with Crippen LogP contribution in [0.5, 0.6) is 11.5 Å². The third kappa shape index (κ3) is 6.18. The molecule has 0 unspecified atom stereocenters. The lowest BCUT2D eigenvalue weighted by molar-refractivity contribution is 0.279. The van der Waals surface area contributed by atoms with Gasteiger partial charge in [0.2, 0.25) is 0 Å². The third-order valence-corrected chi connectivity index (χ3v) is 5.44. The van der Waals surface area contributed by atoms with E-state index in [1.165, 1.54) is 32.1 Å². The summed E-state index contributed by atoms with van der Waals surface area (Å²) in [5.74, 6) is 1.50. The van der Waals surface area contributed by atoms with Crippen LogP contribution in [-0.2, 0) is 13.2 Å². The van der Waals surface area contributed by atoms with E-state index >= 15 is 0 Å². The summed E-state index contributed by atoms with van der Waals surface area (Å²) in [6, 6.07) is 12.0. The standard InChI is InChI=1S/C21H25Cl2NO2.ClH/c1-25-20-9-5-6-15(13-24-18-7-3-2-4-8-18)21(20)26-14-16-10-11-17(22)12-19(16)23;/h5-6,9-12,18,24H,2-4,7-8,13-14H2,1H3;1H. The van der Waals surface area contributed by atoms with Crippen molar-refractivity contribution >= 4 is 35.6 Å². The fourth-order valence-electron chi connectivity index (χ4n) is 3.37. The monoisotopic (exact) mass is 429 g/mol. The molecule has 6 heteroatoms. The van der Waals surface area contributed by atoms with Crippen LogP contribution in [0.2, 0.25) is 10.0 Å². The first-order chi connectivity index (χ1) is 12.7. The first kappa shape index (κ1) is 22.2. The van der Waals surface area contributed by atoms with E-state index in [9.17, 15) is 0 Å². The van der Waals surface area contributed by atoms with Crippen molar-refractivity contribution in [3.8, 4) is 11.5 Å². The molecule has 0 amide bonds. The zero-order valence-corrected chi connectivity index (χ0v) is 17.8. The van der Waals surface area contributed by atoms with E-state index in [1.807, 2.05) is 24.3 Å². The molecule has 0 radical (unpaired) electrons. The summed E-state index contributed by atoms with van der Waals surface area (Å²) in [5, 5.41) is 4.89. The van der Waals surface area contributed by atoms with Crippen molar-refractivity contribution in [3.05, 3.63) is 57.6 Å². The predicted octanol–water partition coefficient (Wildman–Crippen LogP) is 6.43. The second-order valence-electron chi connectivity index (χ2n) is 6.69. The summed E-state index contributed by atoms with van der Waals surface area (Å²) in [6.07, 6.45) is 6.48. The lowest BCUT2D eigenvalue weighted by Gasteiger charge is -2.24. The van der Waals surface area contributed by atoms with Crippen molar-refractivity contribution in [2.24, 2.45) is 0 Å². The van der Waals surface area contributed by atoms with Crippen LogP contribution in [0, 0.1) is 0 Å². The molecule has 0 saturated heterocycles. The zero-order chi connectivity index (χ0) is 18.4. The Bertz CT molecular complexity index is 733. The van der Waals surface area contributed by atoms with Gasteiger partial charge in [-0.05, 0) is 31.0 Å². The van der Waals surface area contributed by atoms with Crippen LogP contribution in [0.1, 0.15) is 43.2 Å². The van der Waals surface area contributed by atoms with E-state index < -0.39 is 0 Å². The predicted molar refractivity (Wildman–Crippen MR) is 115 cm³/mol. The Morgan fingerprint density at radius 2 is 1.81 bits per heavy atom. The minimum absolute atomic E-state index is 0. The summed E-state index contributed by atoms with van der Waals surface area (Å²) in [7, 11) is 1.66. The maximum atomic E-state index is 6.26. The molecule has 0 atom stereocenters. The van der Waals surface area contributed by atoms with Gasteiger partial charge >= 0.3 is 0 Å². The highest BCUT2D eigenvalue weighted by Crippen LogP contribution is 2.33. The number of rotatable bonds is 7. The van der Waals surface area contributed by atoms with Gasteiger partial charge in [-0.3, -0.25) is 0 Å². The molecule has 1 saturated carbocycles. The number of methoxy groups -OCH3 is 1.